The monoisotopic (exact) mass is 265 g/mol. The van der Waals surface area contributed by atoms with E-state index in [0.717, 1.165) is 19.3 Å². The first kappa shape index (κ1) is 13.4. The molecule has 1 amide bonds. The summed E-state index contributed by atoms with van der Waals surface area (Å²) < 4.78 is 5.46. The maximum Gasteiger partial charge on any atom is 0.208 e. The molecule has 0 spiro atoms. The average molecular weight is 265 g/mol. The quantitative estimate of drug-likeness (QED) is 0.675. The standard InChI is InChI=1S/C12H19N5O2/c1-19-11-4-2-3-10(16-7-18)17(11)12-9(14)5-8(13)6-15-12/h5-7,10-11H,2-4,13-14H2,1H3,(H,16,18). The molecule has 19 heavy (non-hydrogen) atoms. The van der Waals surface area contributed by atoms with Gasteiger partial charge in [0, 0.05) is 7.11 Å². The number of nitrogens with zero attached hydrogens (tertiary/aromatic N) is 2. The second kappa shape index (κ2) is 5.75. The van der Waals surface area contributed by atoms with E-state index in [-0.39, 0.29) is 12.4 Å². The Hall–Kier alpha value is -2.02. The van der Waals surface area contributed by atoms with E-state index < -0.39 is 0 Å². The van der Waals surface area contributed by atoms with Crippen LogP contribution in [0.2, 0.25) is 0 Å². The van der Waals surface area contributed by atoms with Crippen molar-refractivity contribution in [2.24, 2.45) is 0 Å². The zero-order valence-corrected chi connectivity index (χ0v) is 10.9. The number of amides is 1. The highest BCUT2D eigenvalue weighted by molar-refractivity contribution is 5.68. The van der Waals surface area contributed by atoms with Crippen molar-refractivity contribution in [1.29, 1.82) is 0 Å². The molecule has 5 N–H and O–H groups in total. The molecule has 104 valence electrons. The summed E-state index contributed by atoms with van der Waals surface area (Å²) in [7, 11) is 1.63. The van der Waals surface area contributed by atoms with Crippen LogP contribution in [0.5, 0.6) is 0 Å². The van der Waals surface area contributed by atoms with Crippen molar-refractivity contribution in [2.75, 3.05) is 23.5 Å². The summed E-state index contributed by atoms with van der Waals surface area (Å²) in [5, 5.41) is 2.78. The minimum Gasteiger partial charge on any atom is -0.397 e. The maximum absolute atomic E-state index is 10.7. The van der Waals surface area contributed by atoms with Crippen LogP contribution in [-0.4, -0.2) is 30.9 Å². The summed E-state index contributed by atoms with van der Waals surface area (Å²) in [6.45, 7) is 0. The molecule has 0 aromatic carbocycles. The SMILES string of the molecule is COC1CCCC(NC=O)N1c1ncc(N)cc1N. The largest absolute Gasteiger partial charge is 0.397 e. The summed E-state index contributed by atoms with van der Waals surface area (Å²) in [6, 6.07) is 1.65. The molecule has 2 heterocycles. The smallest absolute Gasteiger partial charge is 0.208 e. The zero-order valence-electron chi connectivity index (χ0n) is 10.9. The van der Waals surface area contributed by atoms with Crippen molar-refractivity contribution in [3.63, 3.8) is 0 Å². The average Bonchev–Trinajstić information content (AvgIpc) is 2.39. The minimum atomic E-state index is -0.172. The number of ether oxygens (including phenoxy) is 1. The Kier molecular flexibility index (Phi) is 4.06. The number of aromatic nitrogens is 1. The third-order valence-corrected chi connectivity index (χ3v) is 3.27. The van der Waals surface area contributed by atoms with Crippen LogP contribution in [-0.2, 0) is 9.53 Å². The van der Waals surface area contributed by atoms with E-state index in [4.69, 9.17) is 16.2 Å². The zero-order chi connectivity index (χ0) is 13.8. The Morgan fingerprint density at radius 2 is 2.32 bits per heavy atom. The van der Waals surface area contributed by atoms with Crippen molar-refractivity contribution in [1.82, 2.24) is 10.3 Å². The number of carbonyl (C=O) groups is 1. The number of carbonyl (C=O) groups excluding carboxylic acids is 1. The van der Waals surface area contributed by atoms with E-state index >= 15 is 0 Å². The highest BCUT2D eigenvalue weighted by atomic mass is 16.5. The van der Waals surface area contributed by atoms with Gasteiger partial charge in [-0.1, -0.05) is 0 Å². The Balaban J connectivity index is 2.36. The van der Waals surface area contributed by atoms with Gasteiger partial charge in [0.1, 0.15) is 12.4 Å². The molecular formula is C12H19N5O2. The normalized spacial score (nSPS) is 23.1. The first-order chi connectivity index (χ1) is 9.17. The first-order valence-corrected chi connectivity index (χ1v) is 6.19. The molecule has 1 fully saturated rings. The molecule has 1 aromatic rings. The van der Waals surface area contributed by atoms with Crippen LogP contribution in [0.15, 0.2) is 12.3 Å². The highest BCUT2D eigenvalue weighted by Gasteiger charge is 2.32. The van der Waals surface area contributed by atoms with E-state index in [1.807, 2.05) is 4.90 Å². The van der Waals surface area contributed by atoms with Gasteiger partial charge in [-0.2, -0.15) is 0 Å². The van der Waals surface area contributed by atoms with Crippen molar-refractivity contribution >= 4 is 23.6 Å². The van der Waals surface area contributed by atoms with Gasteiger partial charge in [0.05, 0.1) is 17.6 Å². The Morgan fingerprint density at radius 3 is 2.95 bits per heavy atom. The molecule has 2 rings (SSSR count). The van der Waals surface area contributed by atoms with Gasteiger partial charge in [0.15, 0.2) is 5.82 Å². The van der Waals surface area contributed by atoms with Gasteiger partial charge >= 0.3 is 0 Å². The lowest BCUT2D eigenvalue weighted by atomic mass is 10.1. The number of anilines is 3. The number of nitrogens with two attached hydrogens (primary N) is 2. The number of methoxy groups -OCH3 is 1. The fourth-order valence-electron chi connectivity index (χ4n) is 2.43. The van der Waals surface area contributed by atoms with Gasteiger partial charge in [-0.3, -0.25) is 4.79 Å². The van der Waals surface area contributed by atoms with E-state index in [1.54, 1.807) is 19.4 Å². The Bertz CT molecular complexity index is 454. The lowest BCUT2D eigenvalue weighted by Crippen LogP contribution is -2.54. The van der Waals surface area contributed by atoms with Crippen LogP contribution < -0.4 is 21.7 Å². The van der Waals surface area contributed by atoms with E-state index in [1.165, 1.54) is 0 Å². The molecular weight excluding hydrogens is 246 g/mol. The molecule has 7 nitrogen and oxygen atoms in total. The lowest BCUT2D eigenvalue weighted by Gasteiger charge is -2.42. The number of pyridine rings is 1. The summed E-state index contributed by atoms with van der Waals surface area (Å²) in [5.41, 5.74) is 12.6. The third-order valence-electron chi connectivity index (χ3n) is 3.27. The number of hydrogen-bond donors (Lipinski definition) is 3. The van der Waals surface area contributed by atoms with Crippen LogP contribution in [0.3, 0.4) is 0 Å². The van der Waals surface area contributed by atoms with Crippen molar-refractivity contribution in [2.45, 2.75) is 31.7 Å². The second-order valence-corrected chi connectivity index (χ2v) is 4.51. The number of nitrogens with one attached hydrogen (secondary N) is 1. The Morgan fingerprint density at radius 1 is 1.53 bits per heavy atom. The molecule has 0 saturated carbocycles. The number of hydrogen-bond acceptors (Lipinski definition) is 6. The predicted molar refractivity (Wildman–Crippen MR) is 73.2 cm³/mol. The molecule has 2 unspecified atom stereocenters. The molecule has 0 aliphatic carbocycles. The molecule has 7 heteroatoms. The number of rotatable bonds is 4. The Labute approximate surface area is 111 Å². The molecule has 1 saturated heterocycles. The van der Waals surface area contributed by atoms with Gasteiger partial charge in [0.25, 0.3) is 0 Å². The topological polar surface area (TPSA) is 106 Å². The number of piperidine rings is 1. The van der Waals surface area contributed by atoms with E-state index in [2.05, 4.69) is 10.3 Å². The van der Waals surface area contributed by atoms with Gasteiger partial charge in [-0.05, 0) is 25.3 Å². The van der Waals surface area contributed by atoms with Crippen LogP contribution in [0, 0.1) is 0 Å². The van der Waals surface area contributed by atoms with Gasteiger partial charge in [-0.25, -0.2) is 4.98 Å². The van der Waals surface area contributed by atoms with Crippen LogP contribution in [0.25, 0.3) is 0 Å². The van der Waals surface area contributed by atoms with Crippen molar-refractivity contribution in [3.05, 3.63) is 12.3 Å². The van der Waals surface area contributed by atoms with Crippen LogP contribution in [0.1, 0.15) is 19.3 Å². The molecule has 0 radical (unpaired) electrons. The number of nitrogen functional groups attached to an aromatic ring is 2. The van der Waals surface area contributed by atoms with E-state index in [0.29, 0.717) is 23.6 Å². The van der Waals surface area contributed by atoms with Crippen molar-refractivity contribution in [3.8, 4) is 0 Å². The highest BCUT2D eigenvalue weighted by Crippen LogP contribution is 2.31. The fourth-order valence-corrected chi connectivity index (χ4v) is 2.43. The summed E-state index contributed by atoms with van der Waals surface area (Å²) in [6.07, 6.45) is 4.55. The van der Waals surface area contributed by atoms with Crippen molar-refractivity contribution < 1.29 is 9.53 Å². The molecule has 0 bridgehead atoms. The predicted octanol–water partition coefficient (Wildman–Crippen LogP) is 0.281. The van der Waals surface area contributed by atoms with Gasteiger partial charge in [-0.15, -0.1) is 0 Å². The fraction of sp³-hybridized carbons (Fsp3) is 0.500. The summed E-state index contributed by atoms with van der Waals surface area (Å²) in [5.74, 6) is 0.583. The minimum absolute atomic E-state index is 0.162. The third kappa shape index (κ3) is 2.70. The van der Waals surface area contributed by atoms with Gasteiger partial charge in [0.2, 0.25) is 6.41 Å². The molecule has 1 aliphatic heterocycles. The molecule has 1 aromatic heterocycles. The van der Waals surface area contributed by atoms with E-state index in [9.17, 15) is 4.79 Å². The first-order valence-electron chi connectivity index (χ1n) is 6.19. The second-order valence-electron chi connectivity index (χ2n) is 4.51. The summed E-state index contributed by atoms with van der Waals surface area (Å²) in [4.78, 5) is 16.9. The van der Waals surface area contributed by atoms with Gasteiger partial charge < -0.3 is 26.4 Å². The molecule has 2 atom stereocenters. The molecule has 1 aliphatic rings. The lowest BCUT2D eigenvalue weighted by molar-refractivity contribution is -0.110. The van der Waals surface area contributed by atoms with Crippen LogP contribution in [0.4, 0.5) is 17.2 Å². The maximum atomic E-state index is 10.7. The summed E-state index contributed by atoms with van der Waals surface area (Å²) >= 11 is 0. The van der Waals surface area contributed by atoms with Crippen LogP contribution >= 0.6 is 0 Å².